The summed E-state index contributed by atoms with van der Waals surface area (Å²) in [6.45, 7) is 0. The third kappa shape index (κ3) is 2.76. The van der Waals surface area contributed by atoms with E-state index in [-0.39, 0.29) is 16.3 Å². The molecule has 20 heavy (non-hydrogen) atoms. The first-order valence-corrected chi connectivity index (χ1v) is 6.17. The van der Waals surface area contributed by atoms with Gasteiger partial charge in [-0.25, -0.2) is 4.79 Å². The average molecular weight is 314 g/mol. The molecule has 1 heterocycles. The number of aromatic carboxylic acids is 1. The molecule has 0 spiro atoms. The van der Waals surface area contributed by atoms with E-state index in [0.29, 0.717) is 10.7 Å². The van der Waals surface area contributed by atoms with Crippen molar-refractivity contribution in [3.63, 3.8) is 0 Å². The van der Waals surface area contributed by atoms with Gasteiger partial charge in [-0.3, -0.25) is 9.48 Å². The normalized spacial score (nSPS) is 10.3. The number of carboxylic acid groups (broad SMARTS) is 1. The lowest BCUT2D eigenvalue weighted by atomic mass is 10.2. The summed E-state index contributed by atoms with van der Waals surface area (Å²) in [7, 11) is 1.48. The fourth-order valence-electron chi connectivity index (χ4n) is 1.63. The van der Waals surface area contributed by atoms with E-state index in [4.69, 9.17) is 28.3 Å². The molecule has 0 radical (unpaired) electrons. The fourth-order valence-corrected chi connectivity index (χ4v) is 1.93. The summed E-state index contributed by atoms with van der Waals surface area (Å²) in [6.07, 6.45) is 1.12. The molecule has 0 aliphatic heterocycles. The molecule has 0 aliphatic rings. The first kappa shape index (κ1) is 14.4. The van der Waals surface area contributed by atoms with Gasteiger partial charge in [-0.2, -0.15) is 5.10 Å². The topological polar surface area (TPSA) is 84.2 Å². The van der Waals surface area contributed by atoms with Crippen LogP contribution in [0.5, 0.6) is 0 Å². The third-order valence-electron chi connectivity index (χ3n) is 2.56. The van der Waals surface area contributed by atoms with Crippen molar-refractivity contribution in [2.24, 2.45) is 7.05 Å². The first-order chi connectivity index (χ1) is 9.40. The molecule has 104 valence electrons. The number of hydrogen-bond acceptors (Lipinski definition) is 3. The summed E-state index contributed by atoms with van der Waals surface area (Å²) < 4.78 is 1.19. The molecule has 0 bridgehead atoms. The van der Waals surface area contributed by atoms with Gasteiger partial charge in [0, 0.05) is 12.7 Å². The minimum absolute atomic E-state index is 0.0522. The standard InChI is InChI=1S/C12H9Cl2N3O3/c1-17-10(7(5-15-17)12(19)20)11(18)16-6-2-3-8(13)9(14)4-6/h2-5H,1H3,(H,16,18)(H,19,20). The summed E-state index contributed by atoms with van der Waals surface area (Å²) in [5, 5.41) is 15.9. The van der Waals surface area contributed by atoms with Crippen molar-refractivity contribution >= 4 is 40.8 Å². The molecule has 0 fully saturated rings. The highest BCUT2D eigenvalue weighted by Crippen LogP contribution is 2.25. The zero-order valence-corrected chi connectivity index (χ0v) is 11.7. The van der Waals surface area contributed by atoms with Crippen LogP contribution in [0.2, 0.25) is 10.0 Å². The zero-order chi connectivity index (χ0) is 14.9. The number of nitrogens with one attached hydrogen (secondary N) is 1. The van der Waals surface area contributed by atoms with Gasteiger partial charge in [-0.15, -0.1) is 0 Å². The van der Waals surface area contributed by atoms with E-state index in [1.54, 1.807) is 6.07 Å². The van der Waals surface area contributed by atoms with Crippen LogP contribution in [0.4, 0.5) is 5.69 Å². The van der Waals surface area contributed by atoms with Gasteiger partial charge in [0.2, 0.25) is 0 Å². The SMILES string of the molecule is Cn1ncc(C(=O)O)c1C(=O)Nc1ccc(Cl)c(Cl)c1. The molecule has 6 nitrogen and oxygen atoms in total. The lowest BCUT2D eigenvalue weighted by Gasteiger charge is -2.07. The lowest BCUT2D eigenvalue weighted by Crippen LogP contribution is -2.19. The average Bonchev–Trinajstić information content (AvgIpc) is 2.76. The number of aromatic nitrogens is 2. The number of hydrogen-bond donors (Lipinski definition) is 2. The number of anilines is 1. The highest BCUT2D eigenvalue weighted by Gasteiger charge is 2.21. The quantitative estimate of drug-likeness (QED) is 0.912. The smallest absolute Gasteiger partial charge is 0.339 e. The van der Waals surface area contributed by atoms with Gasteiger partial charge in [0.05, 0.1) is 16.2 Å². The molecule has 1 aromatic heterocycles. The van der Waals surface area contributed by atoms with Crippen molar-refractivity contribution in [3.8, 4) is 0 Å². The van der Waals surface area contributed by atoms with E-state index in [0.717, 1.165) is 6.20 Å². The second-order valence-corrected chi connectivity index (χ2v) is 4.73. The Hall–Kier alpha value is -2.05. The Balaban J connectivity index is 2.30. The van der Waals surface area contributed by atoms with Gasteiger partial charge in [0.25, 0.3) is 5.91 Å². The molecular formula is C12H9Cl2N3O3. The van der Waals surface area contributed by atoms with Crippen molar-refractivity contribution in [2.75, 3.05) is 5.32 Å². The Bertz CT molecular complexity index is 697. The van der Waals surface area contributed by atoms with Crippen LogP contribution in [0.1, 0.15) is 20.8 Å². The summed E-state index contributed by atoms with van der Waals surface area (Å²) in [5.41, 5.74) is 0.176. The zero-order valence-electron chi connectivity index (χ0n) is 10.2. The molecule has 0 saturated carbocycles. The number of halogens is 2. The van der Waals surface area contributed by atoms with Crippen LogP contribution in [-0.4, -0.2) is 26.8 Å². The molecule has 0 saturated heterocycles. The van der Waals surface area contributed by atoms with Crippen LogP contribution in [0.15, 0.2) is 24.4 Å². The van der Waals surface area contributed by atoms with E-state index in [2.05, 4.69) is 10.4 Å². The maximum atomic E-state index is 12.1. The van der Waals surface area contributed by atoms with Gasteiger partial charge in [0.1, 0.15) is 11.3 Å². The minimum Gasteiger partial charge on any atom is -0.478 e. The number of amides is 1. The molecule has 2 rings (SSSR count). The predicted molar refractivity (Wildman–Crippen MR) is 74.6 cm³/mol. The van der Waals surface area contributed by atoms with Crippen LogP contribution >= 0.6 is 23.2 Å². The number of aryl methyl sites for hydroxylation is 1. The number of benzene rings is 1. The molecule has 1 amide bonds. The van der Waals surface area contributed by atoms with Crippen LogP contribution in [0.3, 0.4) is 0 Å². The van der Waals surface area contributed by atoms with Gasteiger partial charge < -0.3 is 10.4 Å². The highest BCUT2D eigenvalue weighted by molar-refractivity contribution is 6.42. The Morgan fingerprint density at radius 3 is 2.60 bits per heavy atom. The molecular weight excluding hydrogens is 305 g/mol. The van der Waals surface area contributed by atoms with Gasteiger partial charge in [-0.05, 0) is 18.2 Å². The van der Waals surface area contributed by atoms with E-state index < -0.39 is 11.9 Å². The number of carbonyl (C=O) groups is 2. The Kier molecular flexibility index (Phi) is 3.96. The van der Waals surface area contributed by atoms with Crippen molar-refractivity contribution in [2.45, 2.75) is 0 Å². The molecule has 0 unspecified atom stereocenters. The third-order valence-corrected chi connectivity index (χ3v) is 3.30. The molecule has 0 atom stereocenters. The summed E-state index contributed by atoms with van der Waals surface area (Å²) >= 11 is 11.6. The fraction of sp³-hybridized carbons (Fsp3) is 0.0833. The number of nitrogens with zero attached hydrogens (tertiary/aromatic N) is 2. The van der Waals surface area contributed by atoms with E-state index >= 15 is 0 Å². The predicted octanol–water partition coefficient (Wildman–Crippen LogP) is 2.68. The Morgan fingerprint density at radius 2 is 2.00 bits per heavy atom. The van der Waals surface area contributed by atoms with Crippen molar-refractivity contribution in [3.05, 3.63) is 45.7 Å². The van der Waals surface area contributed by atoms with Crippen LogP contribution in [0.25, 0.3) is 0 Å². The molecule has 8 heteroatoms. The lowest BCUT2D eigenvalue weighted by molar-refractivity contribution is 0.0692. The molecule has 2 N–H and O–H groups in total. The maximum absolute atomic E-state index is 12.1. The minimum atomic E-state index is -1.22. The number of carboxylic acids is 1. The van der Waals surface area contributed by atoms with Crippen LogP contribution < -0.4 is 5.32 Å². The van der Waals surface area contributed by atoms with E-state index in [1.165, 1.54) is 23.9 Å². The Labute approximate surface area is 123 Å². The van der Waals surface area contributed by atoms with Crippen molar-refractivity contribution in [1.29, 1.82) is 0 Å². The number of carbonyl (C=O) groups excluding carboxylic acids is 1. The highest BCUT2D eigenvalue weighted by atomic mass is 35.5. The van der Waals surface area contributed by atoms with Gasteiger partial charge in [0.15, 0.2) is 0 Å². The molecule has 0 aliphatic carbocycles. The first-order valence-electron chi connectivity index (χ1n) is 5.42. The van der Waals surface area contributed by atoms with E-state index in [9.17, 15) is 9.59 Å². The number of rotatable bonds is 3. The second kappa shape index (κ2) is 5.52. The maximum Gasteiger partial charge on any atom is 0.339 e. The van der Waals surface area contributed by atoms with Gasteiger partial charge in [-0.1, -0.05) is 23.2 Å². The van der Waals surface area contributed by atoms with Crippen molar-refractivity contribution in [1.82, 2.24) is 9.78 Å². The molecule has 1 aromatic carbocycles. The molecule has 2 aromatic rings. The van der Waals surface area contributed by atoms with Crippen LogP contribution in [-0.2, 0) is 7.05 Å². The monoisotopic (exact) mass is 313 g/mol. The van der Waals surface area contributed by atoms with Crippen LogP contribution in [0, 0.1) is 0 Å². The Morgan fingerprint density at radius 1 is 1.30 bits per heavy atom. The largest absolute Gasteiger partial charge is 0.478 e. The van der Waals surface area contributed by atoms with Gasteiger partial charge >= 0.3 is 5.97 Å². The van der Waals surface area contributed by atoms with Crippen molar-refractivity contribution < 1.29 is 14.7 Å². The summed E-state index contributed by atoms with van der Waals surface area (Å²) in [6, 6.07) is 4.56. The summed E-state index contributed by atoms with van der Waals surface area (Å²) in [5.74, 6) is -1.82. The summed E-state index contributed by atoms with van der Waals surface area (Å²) in [4.78, 5) is 23.1. The second-order valence-electron chi connectivity index (χ2n) is 3.92. The van der Waals surface area contributed by atoms with E-state index in [1.807, 2.05) is 0 Å².